The summed E-state index contributed by atoms with van der Waals surface area (Å²) in [6.07, 6.45) is 2.29. The molecule has 3 unspecified atom stereocenters. The fraction of sp³-hybridized carbons (Fsp3) is 0.696. The van der Waals surface area contributed by atoms with Crippen LogP contribution in [0.1, 0.15) is 45.2 Å². The van der Waals surface area contributed by atoms with Gasteiger partial charge in [-0.2, -0.15) is 0 Å². The number of likely N-dealkylation sites (tertiary alicyclic amines) is 1. The summed E-state index contributed by atoms with van der Waals surface area (Å²) in [5.74, 6) is 0.923. The molecular weight excluding hydrogens is 362 g/mol. The van der Waals surface area contributed by atoms with Gasteiger partial charge in [-0.25, -0.2) is 0 Å². The molecule has 162 valence electrons. The zero-order chi connectivity index (χ0) is 20.6. The van der Waals surface area contributed by atoms with Gasteiger partial charge in [0.2, 0.25) is 0 Å². The molecule has 6 heteroatoms. The Morgan fingerprint density at radius 1 is 1.17 bits per heavy atom. The highest BCUT2D eigenvalue weighted by Crippen LogP contribution is 2.24. The van der Waals surface area contributed by atoms with Crippen molar-refractivity contribution in [1.82, 2.24) is 20.4 Å². The van der Waals surface area contributed by atoms with Gasteiger partial charge in [0.25, 0.3) is 0 Å². The van der Waals surface area contributed by atoms with Crippen LogP contribution in [0.2, 0.25) is 0 Å². The molecule has 1 aromatic rings. The molecule has 6 nitrogen and oxygen atoms in total. The van der Waals surface area contributed by atoms with Crippen molar-refractivity contribution in [3.63, 3.8) is 0 Å². The summed E-state index contributed by atoms with van der Waals surface area (Å²) in [7, 11) is 1.87. The van der Waals surface area contributed by atoms with Crippen LogP contribution in [0, 0.1) is 0 Å². The van der Waals surface area contributed by atoms with Gasteiger partial charge in [0.1, 0.15) is 0 Å². The summed E-state index contributed by atoms with van der Waals surface area (Å²) in [4.78, 5) is 9.57. The molecule has 3 atom stereocenters. The second-order valence-corrected chi connectivity index (χ2v) is 8.51. The number of ether oxygens (including phenoxy) is 1. The van der Waals surface area contributed by atoms with Crippen molar-refractivity contribution in [1.29, 1.82) is 0 Å². The molecular formula is C23H39N5O. The van der Waals surface area contributed by atoms with Gasteiger partial charge in [0, 0.05) is 57.4 Å². The Kier molecular flexibility index (Phi) is 8.33. The number of guanidine groups is 1. The molecule has 2 aliphatic heterocycles. The number of nitrogens with zero attached hydrogens (tertiary/aromatic N) is 3. The third-order valence-corrected chi connectivity index (χ3v) is 6.47. The van der Waals surface area contributed by atoms with Crippen molar-refractivity contribution in [2.24, 2.45) is 4.99 Å². The smallest absolute Gasteiger partial charge is 0.191 e. The number of aliphatic imine (C=N–C) groups is 1. The Balaban J connectivity index is 1.41. The zero-order valence-electron chi connectivity index (χ0n) is 18.6. The van der Waals surface area contributed by atoms with Gasteiger partial charge in [0.05, 0.1) is 13.2 Å². The molecule has 0 saturated carbocycles. The van der Waals surface area contributed by atoms with Gasteiger partial charge in [-0.05, 0) is 39.2 Å². The molecule has 2 N–H and O–H groups in total. The van der Waals surface area contributed by atoms with Gasteiger partial charge < -0.3 is 15.4 Å². The number of morpholine rings is 1. The van der Waals surface area contributed by atoms with Crippen LogP contribution in [0.5, 0.6) is 0 Å². The van der Waals surface area contributed by atoms with Crippen LogP contribution in [0.3, 0.4) is 0 Å². The Morgan fingerprint density at radius 3 is 2.55 bits per heavy atom. The summed E-state index contributed by atoms with van der Waals surface area (Å²) >= 11 is 0. The molecule has 0 radical (unpaired) electrons. The van der Waals surface area contributed by atoms with Crippen LogP contribution in [-0.2, 0) is 4.74 Å². The first-order valence-electron chi connectivity index (χ1n) is 11.2. The monoisotopic (exact) mass is 401 g/mol. The number of nitrogens with one attached hydrogen (secondary N) is 2. The predicted molar refractivity (Wildman–Crippen MR) is 120 cm³/mol. The van der Waals surface area contributed by atoms with E-state index >= 15 is 0 Å². The van der Waals surface area contributed by atoms with E-state index in [-0.39, 0.29) is 0 Å². The van der Waals surface area contributed by atoms with Crippen LogP contribution in [0.25, 0.3) is 0 Å². The first-order valence-corrected chi connectivity index (χ1v) is 11.2. The highest BCUT2D eigenvalue weighted by Gasteiger charge is 2.25. The lowest BCUT2D eigenvalue weighted by Crippen LogP contribution is -2.54. The lowest BCUT2D eigenvalue weighted by molar-refractivity contribution is -0.0174. The van der Waals surface area contributed by atoms with E-state index in [9.17, 15) is 0 Å². The van der Waals surface area contributed by atoms with E-state index in [4.69, 9.17) is 4.74 Å². The molecule has 2 aliphatic rings. The second kappa shape index (κ2) is 11.0. The lowest BCUT2D eigenvalue weighted by atomic mass is 10.0. The average Bonchev–Trinajstić information content (AvgIpc) is 2.77. The minimum absolute atomic E-state index is 0.459. The average molecular weight is 402 g/mol. The van der Waals surface area contributed by atoms with Gasteiger partial charge in [-0.15, -0.1) is 0 Å². The molecule has 0 aliphatic carbocycles. The summed E-state index contributed by atoms with van der Waals surface area (Å²) in [5, 5.41) is 7.18. The molecule has 2 fully saturated rings. The van der Waals surface area contributed by atoms with Crippen LogP contribution < -0.4 is 10.6 Å². The maximum absolute atomic E-state index is 5.56. The van der Waals surface area contributed by atoms with Gasteiger partial charge >= 0.3 is 0 Å². The van der Waals surface area contributed by atoms with Crippen molar-refractivity contribution in [2.45, 2.75) is 57.8 Å². The molecule has 0 aromatic heterocycles. The molecule has 29 heavy (non-hydrogen) atoms. The Labute approximate surface area is 176 Å². The summed E-state index contributed by atoms with van der Waals surface area (Å²) in [5.41, 5.74) is 1.41. The largest absolute Gasteiger partial charge is 0.379 e. The first kappa shape index (κ1) is 22.1. The van der Waals surface area contributed by atoms with Crippen molar-refractivity contribution in [3.8, 4) is 0 Å². The number of rotatable bonds is 6. The third kappa shape index (κ3) is 6.17. The third-order valence-electron chi connectivity index (χ3n) is 6.47. The normalized spacial score (nSPS) is 24.8. The van der Waals surface area contributed by atoms with E-state index in [1.807, 2.05) is 7.05 Å². The number of piperidine rings is 1. The maximum Gasteiger partial charge on any atom is 0.191 e. The van der Waals surface area contributed by atoms with E-state index in [0.29, 0.717) is 24.2 Å². The van der Waals surface area contributed by atoms with Crippen molar-refractivity contribution in [2.75, 3.05) is 46.4 Å². The summed E-state index contributed by atoms with van der Waals surface area (Å²) in [6, 6.07) is 12.7. The summed E-state index contributed by atoms with van der Waals surface area (Å²) < 4.78 is 5.56. The predicted octanol–water partition coefficient (Wildman–Crippen LogP) is 2.49. The number of hydrogen-bond donors (Lipinski definition) is 2. The van der Waals surface area contributed by atoms with Crippen molar-refractivity contribution < 1.29 is 4.74 Å². The van der Waals surface area contributed by atoms with E-state index < -0.39 is 0 Å². The molecule has 0 spiro atoms. The van der Waals surface area contributed by atoms with E-state index in [2.05, 4.69) is 76.5 Å². The minimum Gasteiger partial charge on any atom is -0.379 e. The Hall–Kier alpha value is -1.63. The lowest BCUT2D eigenvalue weighted by Gasteiger charge is -2.38. The standard InChI is InChI=1S/C23H39N5O/c1-18(28-14-15-29-17-19(28)2)16-25-23(24-4)26-22-10-12-27(13-11-22)20(3)21-8-6-5-7-9-21/h5-9,18-20,22H,10-17H2,1-4H3,(H2,24,25,26). The van der Waals surface area contributed by atoms with Crippen LogP contribution in [-0.4, -0.2) is 80.3 Å². The highest BCUT2D eigenvalue weighted by atomic mass is 16.5. The second-order valence-electron chi connectivity index (χ2n) is 8.51. The molecule has 3 rings (SSSR count). The van der Waals surface area contributed by atoms with Gasteiger partial charge in [-0.3, -0.25) is 14.8 Å². The van der Waals surface area contributed by atoms with Crippen LogP contribution >= 0.6 is 0 Å². The quantitative estimate of drug-likeness (QED) is 0.567. The van der Waals surface area contributed by atoms with E-state index in [1.54, 1.807) is 0 Å². The van der Waals surface area contributed by atoms with Gasteiger partial charge in [0.15, 0.2) is 5.96 Å². The molecule has 2 heterocycles. The fourth-order valence-electron chi connectivity index (χ4n) is 4.52. The first-order chi connectivity index (χ1) is 14.1. The molecule has 0 bridgehead atoms. The van der Waals surface area contributed by atoms with Crippen LogP contribution in [0.15, 0.2) is 35.3 Å². The minimum atomic E-state index is 0.459. The Bertz CT molecular complexity index is 629. The SMILES string of the molecule is CN=C(NCC(C)N1CCOCC1C)NC1CCN(C(C)c2ccccc2)CC1. The molecule has 2 saturated heterocycles. The van der Waals surface area contributed by atoms with Crippen LogP contribution in [0.4, 0.5) is 0 Å². The highest BCUT2D eigenvalue weighted by molar-refractivity contribution is 5.80. The van der Waals surface area contributed by atoms with Gasteiger partial charge in [-0.1, -0.05) is 30.3 Å². The molecule has 1 aromatic carbocycles. The van der Waals surface area contributed by atoms with E-state index in [1.165, 1.54) is 5.56 Å². The van der Waals surface area contributed by atoms with Crippen molar-refractivity contribution in [3.05, 3.63) is 35.9 Å². The maximum atomic E-state index is 5.56. The topological polar surface area (TPSA) is 52.1 Å². The fourth-order valence-corrected chi connectivity index (χ4v) is 4.52. The van der Waals surface area contributed by atoms with E-state index in [0.717, 1.165) is 58.2 Å². The summed E-state index contributed by atoms with van der Waals surface area (Å²) in [6.45, 7) is 12.6. The van der Waals surface area contributed by atoms with Crippen molar-refractivity contribution >= 4 is 5.96 Å². The molecule has 0 amide bonds. The number of benzene rings is 1. The Morgan fingerprint density at radius 2 is 1.90 bits per heavy atom. The zero-order valence-corrected chi connectivity index (χ0v) is 18.6. The number of hydrogen-bond acceptors (Lipinski definition) is 4.